The average Bonchev–Trinajstić information content (AvgIpc) is 2.56. The third-order valence-corrected chi connectivity index (χ3v) is 24.5. The van der Waals surface area contributed by atoms with E-state index in [4.69, 9.17) is 4.98 Å². The summed E-state index contributed by atoms with van der Waals surface area (Å²) in [6.07, 6.45) is 1.92. The molecule has 2 heterocycles. The van der Waals surface area contributed by atoms with Crippen LogP contribution in [0.1, 0.15) is 16.7 Å². The van der Waals surface area contributed by atoms with Crippen molar-refractivity contribution in [3.8, 4) is 11.1 Å². The van der Waals surface area contributed by atoms with Gasteiger partial charge < -0.3 is 0 Å². The molecule has 25 heavy (non-hydrogen) atoms. The monoisotopic (exact) mass is 361 g/mol. The van der Waals surface area contributed by atoms with Gasteiger partial charge in [0.1, 0.15) is 0 Å². The lowest BCUT2D eigenvalue weighted by molar-refractivity contribution is 1.34. The second-order valence-electron chi connectivity index (χ2n) is 8.75. The zero-order valence-corrected chi connectivity index (χ0v) is 18.4. The maximum absolute atomic E-state index is 4.71. The first kappa shape index (κ1) is 16.7. The fraction of sp³-hybridized carbons (Fsp3) is 0.318. The van der Waals surface area contributed by atoms with Crippen molar-refractivity contribution in [3.63, 3.8) is 0 Å². The van der Waals surface area contributed by atoms with Gasteiger partial charge in [-0.05, 0) is 54.7 Å². The lowest BCUT2D eigenvalue weighted by atomic mass is 9.95. The van der Waals surface area contributed by atoms with E-state index < -0.39 is 15.2 Å². The number of hydrogen-bond donors (Lipinski definition) is 0. The first-order valence-electron chi connectivity index (χ1n) is 9.17. The quantitative estimate of drug-likeness (QED) is 0.527. The molecule has 4 rings (SSSR count). The Morgan fingerprint density at radius 1 is 0.760 bits per heavy atom. The van der Waals surface area contributed by atoms with E-state index in [9.17, 15) is 0 Å². The van der Waals surface area contributed by atoms with Gasteiger partial charge in [0.05, 0.1) is 20.7 Å². The molecule has 2 aromatic carbocycles. The molecule has 0 saturated carbocycles. The van der Waals surface area contributed by atoms with Crippen LogP contribution in [0.2, 0.25) is 26.2 Å². The fourth-order valence-electron chi connectivity index (χ4n) is 4.42. The van der Waals surface area contributed by atoms with Crippen LogP contribution in [0.3, 0.4) is 0 Å². The molecule has 1 nitrogen and oxygen atoms in total. The molecule has 0 saturated heterocycles. The number of nitrogens with zero attached hydrogens (tertiary/aromatic N) is 1. The van der Waals surface area contributed by atoms with Gasteiger partial charge in [-0.2, -0.15) is 0 Å². The van der Waals surface area contributed by atoms with E-state index in [1.54, 1.807) is 10.4 Å². The summed E-state index contributed by atoms with van der Waals surface area (Å²) in [6.45, 7) is 17.1. The minimum absolute atomic E-state index is 1.16. The lowest BCUT2D eigenvalue weighted by Crippen LogP contribution is -2.72. The summed E-state index contributed by atoms with van der Waals surface area (Å²) >= 11 is 0. The molecule has 0 N–H and O–H groups in total. The first-order valence-corrected chi connectivity index (χ1v) is 16.2. The molecule has 0 bridgehead atoms. The Kier molecular flexibility index (Phi) is 3.45. The predicted octanol–water partition coefficient (Wildman–Crippen LogP) is 4.75. The number of hydrogen-bond acceptors (Lipinski definition) is 1. The SMILES string of the molecule is Cc1cc2c(cc1C)[Si](C)(C)[Si](C)(C)c1cc(C)c3ncccc3c1-2. The van der Waals surface area contributed by atoms with Gasteiger partial charge in [-0.15, -0.1) is 0 Å². The average molecular weight is 362 g/mol. The Hall–Kier alpha value is -1.72. The Balaban J connectivity index is 2.26. The number of benzene rings is 2. The van der Waals surface area contributed by atoms with Crippen LogP contribution in [0.15, 0.2) is 36.5 Å². The van der Waals surface area contributed by atoms with Crippen LogP contribution < -0.4 is 10.4 Å². The smallest absolute Gasteiger partial charge is 0.0800 e. The van der Waals surface area contributed by atoms with Gasteiger partial charge in [-0.3, -0.25) is 4.98 Å². The minimum atomic E-state index is -1.57. The van der Waals surface area contributed by atoms with Gasteiger partial charge in [0, 0.05) is 11.6 Å². The summed E-state index contributed by atoms with van der Waals surface area (Å²) in [7, 11) is -3.10. The van der Waals surface area contributed by atoms with Crippen molar-refractivity contribution >= 4 is 36.5 Å². The summed E-state index contributed by atoms with van der Waals surface area (Å²) in [4.78, 5) is 4.71. The van der Waals surface area contributed by atoms with Crippen molar-refractivity contribution < 1.29 is 0 Å². The van der Waals surface area contributed by atoms with Gasteiger partial charge in [0.25, 0.3) is 0 Å². The summed E-state index contributed by atoms with van der Waals surface area (Å²) in [5.41, 5.74) is 8.29. The summed E-state index contributed by atoms with van der Waals surface area (Å²) in [5.74, 6) is 0. The first-order chi connectivity index (χ1) is 11.7. The molecule has 1 aliphatic rings. The number of fused-ring (bicyclic) bond motifs is 5. The summed E-state index contributed by atoms with van der Waals surface area (Å²) < 4.78 is 0. The van der Waals surface area contributed by atoms with Crippen molar-refractivity contribution in [3.05, 3.63) is 53.2 Å². The molecule has 128 valence electrons. The van der Waals surface area contributed by atoms with E-state index in [-0.39, 0.29) is 0 Å². The van der Waals surface area contributed by atoms with Crippen molar-refractivity contribution in [2.75, 3.05) is 0 Å². The Morgan fingerprint density at radius 2 is 1.36 bits per heavy atom. The molecule has 1 aromatic heterocycles. The third-order valence-electron chi connectivity index (χ3n) is 6.89. The van der Waals surface area contributed by atoms with E-state index in [1.807, 2.05) is 6.20 Å². The number of pyridine rings is 1. The van der Waals surface area contributed by atoms with Crippen LogP contribution in [-0.2, 0) is 0 Å². The van der Waals surface area contributed by atoms with E-state index in [1.165, 1.54) is 33.2 Å². The molecule has 0 amide bonds. The lowest BCUT2D eigenvalue weighted by Gasteiger charge is -2.46. The molecule has 0 atom stereocenters. The molecule has 0 radical (unpaired) electrons. The van der Waals surface area contributed by atoms with Crippen molar-refractivity contribution in [1.82, 2.24) is 4.98 Å². The maximum atomic E-state index is 4.71. The van der Waals surface area contributed by atoms with E-state index in [0.29, 0.717) is 0 Å². The van der Waals surface area contributed by atoms with Gasteiger partial charge in [-0.25, -0.2) is 0 Å². The molecule has 0 spiro atoms. The molecule has 3 aromatic rings. The van der Waals surface area contributed by atoms with E-state index >= 15 is 0 Å². The highest BCUT2D eigenvalue weighted by atomic mass is 29.3. The van der Waals surface area contributed by atoms with Crippen LogP contribution >= 0.6 is 0 Å². The third kappa shape index (κ3) is 2.09. The number of rotatable bonds is 0. The van der Waals surface area contributed by atoms with Crippen LogP contribution in [0.4, 0.5) is 0 Å². The second kappa shape index (κ2) is 5.15. The van der Waals surface area contributed by atoms with Crippen LogP contribution in [0, 0.1) is 20.8 Å². The Morgan fingerprint density at radius 3 is 2.08 bits per heavy atom. The molecule has 0 aliphatic carbocycles. The van der Waals surface area contributed by atoms with E-state index in [0.717, 1.165) is 5.52 Å². The van der Waals surface area contributed by atoms with Crippen LogP contribution in [0.25, 0.3) is 22.0 Å². The fourth-order valence-corrected chi connectivity index (χ4v) is 13.9. The normalized spacial score (nSPS) is 17.2. The van der Waals surface area contributed by atoms with Crippen LogP contribution in [-0.4, -0.2) is 20.2 Å². The highest BCUT2D eigenvalue weighted by Gasteiger charge is 2.49. The maximum Gasteiger partial charge on any atom is 0.0800 e. The zero-order chi connectivity index (χ0) is 18.1. The molecule has 1 aliphatic heterocycles. The highest BCUT2D eigenvalue weighted by molar-refractivity contribution is 7.51. The largest absolute Gasteiger partial charge is 0.256 e. The standard InChI is InChI=1S/C22H27NSi2/c1-14-11-18-19(12-15(14)2)24(4,5)25(6,7)20-13-16(3)22-17(21(18)20)9-8-10-23-22/h8-13H,1-7H3. The predicted molar refractivity (Wildman–Crippen MR) is 116 cm³/mol. The van der Waals surface area contributed by atoms with E-state index in [2.05, 4.69) is 77.3 Å². The Bertz CT molecular complexity index is 1030. The zero-order valence-electron chi connectivity index (χ0n) is 16.4. The van der Waals surface area contributed by atoms with Crippen molar-refractivity contribution in [2.45, 2.75) is 47.0 Å². The molecule has 0 fully saturated rings. The summed E-state index contributed by atoms with van der Waals surface area (Å²) in [6, 6.07) is 11.8. The highest BCUT2D eigenvalue weighted by Crippen LogP contribution is 2.38. The van der Waals surface area contributed by atoms with Gasteiger partial charge in [-0.1, -0.05) is 60.8 Å². The number of aromatic nitrogens is 1. The summed E-state index contributed by atoms with van der Waals surface area (Å²) in [5, 5.41) is 4.65. The molecular weight excluding hydrogens is 334 g/mol. The van der Waals surface area contributed by atoms with Crippen LogP contribution in [0.5, 0.6) is 0 Å². The van der Waals surface area contributed by atoms with Gasteiger partial charge in [0.2, 0.25) is 0 Å². The van der Waals surface area contributed by atoms with Gasteiger partial charge in [0.15, 0.2) is 0 Å². The van der Waals surface area contributed by atoms with Gasteiger partial charge >= 0.3 is 0 Å². The second-order valence-corrected chi connectivity index (χ2v) is 23.8. The molecular formula is C22H27NSi2. The number of aryl methyl sites for hydroxylation is 3. The topological polar surface area (TPSA) is 12.9 Å². The molecule has 3 heteroatoms. The van der Waals surface area contributed by atoms with Crippen molar-refractivity contribution in [2.24, 2.45) is 0 Å². The van der Waals surface area contributed by atoms with Crippen molar-refractivity contribution in [1.29, 1.82) is 0 Å². The molecule has 0 unspecified atom stereocenters. The minimum Gasteiger partial charge on any atom is -0.256 e. The Labute approximate surface area is 152 Å².